The van der Waals surface area contributed by atoms with Crippen molar-refractivity contribution in [2.45, 2.75) is 50.9 Å². The average Bonchev–Trinajstić information content (AvgIpc) is 3.52. The molecule has 2 bridgehead atoms. The third-order valence-corrected chi connectivity index (χ3v) is 8.97. The number of cyclic esters (lactones) is 1. The molecule has 8 atom stereocenters. The van der Waals surface area contributed by atoms with Crippen molar-refractivity contribution < 1.29 is 37.7 Å². The molecule has 0 spiro atoms. The molecule has 8 unspecified atom stereocenters. The fourth-order valence-electron chi connectivity index (χ4n) is 7.16. The fraction of sp³-hybridized carbons (Fsp3) is 0.483. The van der Waals surface area contributed by atoms with Gasteiger partial charge in [-0.2, -0.15) is 0 Å². The monoisotopic (exact) mass is 506 g/mol. The number of methoxy groups -OCH3 is 1. The summed E-state index contributed by atoms with van der Waals surface area (Å²) in [7, 11) is 1.60. The zero-order chi connectivity index (χ0) is 25.7. The summed E-state index contributed by atoms with van der Waals surface area (Å²) in [5.41, 5.74) is 1.23. The van der Waals surface area contributed by atoms with E-state index >= 15 is 0 Å². The van der Waals surface area contributed by atoms with Crippen LogP contribution in [0.5, 0.6) is 5.75 Å². The normalized spacial score (nSPS) is 36.3. The van der Waals surface area contributed by atoms with Crippen LogP contribution in [0.4, 0.5) is 0 Å². The first-order valence-corrected chi connectivity index (χ1v) is 12.8. The van der Waals surface area contributed by atoms with Gasteiger partial charge in [-0.15, -0.1) is 0 Å². The molecule has 6 rings (SSSR count). The molecule has 8 nitrogen and oxygen atoms in total. The number of benzene rings is 1. The maximum atomic E-state index is 13.3. The van der Waals surface area contributed by atoms with E-state index in [1.807, 2.05) is 30.3 Å². The van der Waals surface area contributed by atoms with E-state index in [0.29, 0.717) is 25.7 Å². The number of carbonyl (C=O) groups excluding carboxylic acids is 3. The second-order valence-electron chi connectivity index (χ2n) is 10.9. The quantitative estimate of drug-likeness (QED) is 0.332. The van der Waals surface area contributed by atoms with Gasteiger partial charge in [-0.1, -0.05) is 19.1 Å². The molecule has 0 N–H and O–H groups in total. The molecule has 0 radical (unpaired) electrons. The molecular formula is C29H30O8. The predicted molar refractivity (Wildman–Crippen MR) is 130 cm³/mol. The molecule has 2 aliphatic heterocycles. The third-order valence-electron chi connectivity index (χ3n) is 8.97. The maximum absolute atomic E-state index is 13.3. The Morgan fingerprint density at radius 2 is 1.86 bits per heavy atom. The Balaban J connectivity index is 1.26. The largest absolute Gasteiger partial charge is 0.497 e. The Kier molecular flexibility index (Phi) is 5.85. The molecule has 8 heteroatoms. The van der Waals surface area contributed by atoms with E-state index in [9.17, 15) is 14.4 Å². The van der Waals surface area contributed by atoms with Gasteiger partial charge in [0.1, 0.15) is 24.1 Å². The Morgan fingerprint density at radius 1 is 1.05 bits per heavy atom. The summed E-state index contributed by atoms with van der Waals surface area (Å²) < 4.78 is 27.9. The molecule has 0 amide bonds. The van der Waals surface area contributed by atoms with Crippen LogP contribution in [0, 0.1) is 29.1 Å². The van der Waals surface area contributed by atoms with Crippen LogP contribution in [0.25, 0.3) is 6.08 Å². The second kappa shape index (κ2) is 9.08. The van der Waals surface area contributed by atoms with Crippen LogP contribution in [0.15, 0.2) is 53.4 Å². The Labute approximate surface area is 214 Å². The van der Waals surface area contributed by atoms with Crippen molar-refractivity contribution in [2.24, 2.45) is 29.1 Å². The number of esters is 3. The van der Waals surface area contributed by atoms with Gasteiger partial charge in [-0.25, -0.2) is 4.79 Å². The third kappa shape index (κ3) is 4.12. The summed E-state index contributed by atoms with van der Waals surface area (Å²) in [5.74, 6) is -1.30. The molecule has 4 fully saturated rings. The van der Waals surface area contributed by atoms with Gasteiger partial charge in [0.15, 0.2) is 0 Å². The van der Waals surface area contributed by atoms with E-state index in [0.717, 1.165) is 16.9 Å². The minimum atomic E-state index is -0.578. The first-order chi connectivity index (χ1) is 17.9. The van der Waals surface area contributed by atoms with E-state index < -0.39 is 29.5 Å². The summed E-state index contributed by atoms with van der Waals surface area (Å²) in [5, 5.41) is 0. The molecule has 4 aliphatic rings. The van der Waals surface area contributed by atoms with Gasteiger partial charge in [0.05, 0.1) is 31.5 Å². The summed E-state index contributed by atoms with van der Waals surface area (Å²) in [6, 6.07) is 9.13. The number of fused-ring (bicyclic) bond motifs is 6. The fourth-order valence-corrected chi connectivity index (χ4v) is 7.16. The van der Waals surface area contributed by atoms with Gasteiger partial charge in [0.2, 0.25) is 0 Å². The number of rotatable bonds is 5. The van der Waals surface area contributed by atoms with E-state index in [1.54, 1.807) is 25.7 Å². The van der Waals surface area contributed by atoms with E-state index in [1.165, 1.54) is 6.08 Å². The zero-order valence-corrected chi connectivity index (χ0v) is 20.8. The molecule has 2 saturated carbocycles. The molecule has 3 heterocycles. The van der Waals surface area contributed by atoms with Crippen molar-refractivity contribution >= 4 is 24.0 Å². The minimum Gasteiger partial charge on any atom is -0.497 e. The summed E-state index contributed by atoms with van der Waals surface area (Å²) in [6.07, 6.45) is 7.33. The maximum Gasteiger partial charge on any atom is 0.331 e. The minimum absolute atomic E-state index is 0.0212. The lowest BCUT2D eigenvalue weighted by molar-refractivity contribution is -0.207. The lowest BCUT2D eigenvalue weighted by atomic mass is 9.48. The zero-order valence-electron chi connectivity index (χ0n) is 20.8. The highest BCUT2D eigenvalue weighted by Crippen LogP contribution is 2.62. The molecule has 2 aliphatic carbocycles. The Morgan fingerprint density at radius 3 is 2.59 bits per heavy atom. The van der Waals surface area contributed by atoms with Crippen LogP contribution in [0.3, 0.4) is 0 Å². The van der Waals surface area contributed by atoms with Crippen molar-refractivity contribution in [3.63, 3.8) is 0 Å². The number of hydrogen-bond acceptors (Lipinski definition) is 8. The first kappa shape index (κ1) is 23.8. The molecule has 1 aromatic carbocycles. The topological polar surface area (TPSA) is 101 Å². The highest BCUT2D eigenvalue weighted by atomic mass is 16.6. The van der Waals surface area contributed by atoms with Crippen molar-refractivity contribution in [3.05, 3.63) is 60.1 Å². The Hall–Kier alpha value is -3.55. The molecule has 2 saturated heterocycles. The molecule has 37 heavy (non-hydrogen) atoms. The van der Waals surface area contributed by atoms with Crippen LogP contribution >= 0.6 is 0 Å². The first-order valence-electron chi connectivity index (χ1n) is 12.8. The van der Waals surface area contributed by atoms with Crippen molar-refractivity contribution in [1.82, 2.24) is 0 Å². The molecular weight excluding hydrogens is 476 g/mol. The summed E-state index contributed by atoms with van der Waals surface area (Å²) in [4.78, 5) is 39.1. The van der Waals surface area contributed by atoms with Gasteiger partial charge < -0.3 is 23.4 Å². The smallest absolute Gasteiger partial charge is 0.331 e. The van der Waals surface area contributed by atoms with Crippen molar-refractivity contribution in [3.8, 4) is 5.75 Å². The highest BCUT2D eigenvalue weighted by molar-refractivity contribution is 5.87. The van der Waals surface area contributed by atoms with Crippen molar-refractivity contribution in [2.75, 3.05) is 7.11 Å². The molecule has 1 aromatic heterocycles. The van der Waals surface area contributed by atoms with E-state index in [-0.39, 0.29) is 35.8 Å². The number of carbonyl (C=O) groups is 3. The van der Waals surface area contributed by atoms with Crippen LogP contribution in [0.1, 0.15) is 49.8 Å². The van der Waals surface area contributed by atoms with Crippen LogP contribution in [-0.4, -0.2) is 37.2 Å². The van der Waals surface area contributed by atoms with Gasteiger partial charge in [-0.05, 0) is 66.9 Å². The lowest BCUT2D eigenvalue weighted by Gasteiger charge is -2.57. The van der Waals surface area contributed by atoms with Gasteiger partial charge >= 0.3 is 17.9 Å². The Bertz CT molecular complexity index is 1220. The second-order valence-corrected chi connectivity index (χ2v) is 10.9. The SMILES string of the molecule is COc1ccc(C=CC(=O)OC2CC3C(=O)OC(c4ccoc4)CC3(C)C3CC4CC(C(=O)O4)C23)cc1. The number of hydrogen-bond donors (Lipinski definition) is 0. The van der Waals surface area contributed by atoms with Gasteiger partial charge in [-0.3, -0.25) is 9.59 Å². The predicted octanol–water partition coefficient (Wildman–Crippen LogP) is 4.50. The average molecular weight is 507 g/mol. The van der Waals surface area contributed by atoms with Gasteiger partial charge in [0.25, 0.3) is 0 Å². The standard InChI is InChI=1S/C29H30O8/c1-29-14-24(17-9-10-34-15-17)37-28(32)22(29)13-23(26-20-11-19(12-21(26)29)35-27(20)31)36-25(30)8-5-16-3-6-18(33-2)7-4-16/h3-10,15,19-24,26H,11-14H2,1-2H3. The van der Waals surface area contributed by atoms with Crippen LogP contribution in [-0.2, 0) is 28.6 Å². The molecule has 2 aromatic rings. The summed E-state index contributed by atoms with van der Waals surface area (Å²) >= 11 is 0. The van der Waals surface area contributed by atoms with Gasteiger partial charge in [0, 0.05) is 17.6 Å². The highest BCUT2D eigenvalue weighted by Gasteiger charge is 2.65. The number of furan rings is 1. The summed E-state index contributed by atoms with van der Waals surface area (Å²) in [6.45, 7) is 2.12. The van der Waals surface area contributed by atoms with E-state index in [4.69, 9.17) is 23.4 Å². The van der Waals surface area contributed by atoms with Crippen LogP contribution in [0.2, 0.25) is 0 Å². The van der Waals surface area contributed by atoms with E-state index in [2.05, 4.69) is 6.92 Å². The van der Waals surface area contributed by atoms with Crippen molar-refractivity contribution in [1.29, 1.82) is 0 Å². The molecule has 194 valence electrons. The lowest BCUT2D eigenvalue weighted by Crippen LogP contribution is -2.59. The van der Waals surface area contributed by atoms with Crippen LogP contribution < -0.4 is 4.74 Å². The number of ether oxygens (including phenoxy) is 4.